The minimum Gasteiger partial charge on any atom is -0.398 e. The van der Waals surface area contributed by atoms with Crippen molar-refractivity contribution in [2.75, 3.05) is 36.9 Å². The summed E-state index contributed by atoms with van der Waals surface area (Å²) in [6.07, 6.45) is 2.30. The van der Waals surface area contributed by atoms with Gasteiger partial charge in [0.2, 0.25) is 0 Å². The van der Waals surface area contributed by atoms with E-state index in [1.54, 1.807) is 0 Å². The lowest BCUT2D eigenvalue weighted by atomic mass is 10.1. The molecule has 0 saturated carbocycles. The fourth-order valence-electron chi connectivity index (χ4n) is 2.32. The Morgan fingerprint density at radius 1 is 1.39 bits per heavy atom. The van der Waals surface area contributed by atoms with Crippen LogP contribution in [0.3, 0.4) is 0 Å². The largest absolute Gasteiger partial charge is 0.398 e. The van der Waals surface area contributed by atoms with Crippen molar-refractivity contribution in [1.29, 1.82) is 0 Å². The number of aliphatic hydroxyl groups excluding tert-OH is 1. The van der Waals surface area contributed by atoms with Crippen molar-refractivity contribution in [1.82, 2.24) is 0 Å². The zero-order valence-electron chi connectivity index (χ0n) is 10.9. The van der Waals surface area contributed by atoms with Crippen LogP contribution in [0.1, 0.15) is 18.4 Å². The number of aliphatic hydroxyl groups is 1. The van der Waals surface area contributed by atoms with Crippen LogP contribution in [-0.4, -0.2) is 37.5 Å². The molecule has 0 spiro atoms. The van der Waals surface area contributed by atoms with Gasteiger partial charge in [-0.25, -0.2) is 0 Å². The van der Waals surface area contributed by atoms with Crippen molar-refractivity contribution in [3.8, 4) is 0 Å². The van der Waals surface area contributed by atoms with E-state index in [2.05, 4.69) is 17.0 Å². The third-order valence-corrected chi connectivity index (χ3v) is 3.51. The first-order chi connectivity index (χ1) is 8.70. The number of benzene rings is 1. The van der Waals surface area contributed by atoms with E-state index in [0.29, 0.717) is 6.61 Å². The Balaban J connectivity index is 1.90. The standard InChI is InChI=1S/C14H22N2O2/c1-11-2-3-12(10-14(11)15)16-6-4-13(5-7-16)18-9-8-17/h2-3,10,13,17H,4-9,15H2,1H3. The molecule has 100 valence electrons. The summed E-state index contributed by atoms with van der Waals surface area (Å²) in [6, 6.07) is 6.24. The van der Waals surface area contributed by atoms with E-state index in [1.165, 1.54) is 5.69 Å². The first-order valence-electron chi connectivity index (χ1n) is 6.54. The molecule has 1 aromatic rings. The van der Waals surface area contributed by atoms with E-state index in [1.807, 2.05) is 13.0 Å². The first kappa shape index (κ1) is 13.2. The van der Waals surface area contributed by atoms with Crippen molar-refractivity contribution < 1.29 is 9.84 Å². The van der Waals surface area contributed by atoms with Gasteiger partial charge >= 0.3 is 0 Å². The highest BCUT2D eigenvalue weighted by molar-refractivity contribution is 5.59. The van der Waals surface area contributed by atoms with Crippen LogP contribution in [0.4, 0.5) is 11.4 Å². The highest BCUT2D eigenvalue weighted by atomic mass is 16.5. The third kappa shape index (κ3) is 3.15. The van der Waals surface area contributed by atoms with Gasteiger partial charge in [-0.3, -0.25) is 0 Å². The molecule has 0 amide bonds. The van der Waals surface area contributed by atoms with Gasteiger partial charge in [-0.2, -0.15) is 0 Å². The van der Waals surface area contributed by atoms with Crippen LogP contribution in [0.15, 0.2) is 18.2 Å². The van der Waals surface area contributed by atoms with E-state index in [0.717, 1.165) is 37.2 Å². The summed E-state index contributed by atoms with van der Waals surface area (Å²) in [7, 11) is 0. The van der Waals surface area contributed by atoms with Gasteiger partial charge in [0.15, 0.2) is 0 Å². The lowest BCUT2D eigenvalue weighted by molar-refractivity contribution is 0.0159. The molecule has 0 bridgehead atoms. The molecule has 4 nitrogen and oxygen atoms in total. The second-order valence-electron chi connectivity index (χ2n) is 4.82. The summed E-state index contributed by atoms with van der Waals surface area (Å²) in [6.45, 7) is 4.54. The Morgan fingerprint density at radius 2 is 2.11 bits per heavy atom. The molecule has 1 aromatic carbocycles. The zero-order valence-corrected chi connectivity index (χ0v) is 10.9. The van der Waals surface area contributed by atoms with Crippen molar-refractivity contribution in [2.24, 2.45) is 0 Å². The molecule has 18 heavy (non-hydrogen) atoms. The lowest BCUT2D eigenvalue weighted by Gasteiger charge is -2.33. The molecule has 0 radical (unpaired) electrons. The maximum absolute atomic E-state index is 8.73. The van der Waals surface area contributed by atoms with Crippen molar-refractivity contribution in [2.45, 2.75) is 25.9 Å². The Bertz CT molecular complexity index is 387. The average molecular weight is 250 g/mol. The first-order valence-corrected chi connectivity index (χ1v) is 6.54. The summed E-state index contributed by atoms with van der Waals surface area (Å²) in [5.74, 6) is 0. The average Bonchev–Trinajstić information content (AvgIpc) is 2.40. The fourth-order valence-corrected chi connectivity index (χ4v) is 2.32. The summed E-state index contributed by atoms with van der Waals surface area (Å²) >= 11 is 0. The van der Waals surface area contributed by atoms with Gasteiger partial charge in [-0.15, -0.1) is 0 Å². The Morgan fingerprint density at radius 3 is 2.72 bits per heavy atom. The van der Waals surface area contributed by atoms with Gasteiger partial charge in [0.05, 0.1) is 19.3 Å². The van der Waals surface area contributed by atoms with Crippen LogP contribution in [0.5, 0.6) is 0 Å². The number of nitrogen functional groups attached to an aromatic ring is 1. The zero-order chi connectivity index (χ0) is 13.0. The van der Waals surface area contributed by atoms with Gasteiger partial charge in [0, 0.05) is 24.5 Å². The summed E-state index contributed by atoms with van der Waals surface area (Å²) in [5, 5.41) is 8.73. The van der Waals surface area contributed by atoms with E-state index >= 15 is 0 Å². The molecular weight excluding hydrogens is 228 g/mol. The number of rotatable bonds is 4. The highest BCUT2D eigenvalue weighted by Crippen LogP contribution is 2.24. The van der Waals surface area contributed by atoms with Gasteiger partial charge in [0.1, 0.15) is 0 Å². The van der Waals surface area contributed by atoms with Crippen molar-refractivity contribution in [3.05, 3.63) is 23.8 Å². The van der Waals surface area contributed by atoms with Gasteiger partial charge in [-0.05, 0) is 37.5 Å². The van der Waals surface area contributed by atoms with Crippen LogP contribution in [0, 0.1) is 6.92 Å². The summed E-state index contributed by atoms with van der Waals surface area (Å²) < 4.78 is 5.56. The quantitative estimate of drug-likeness (QED) is 0.796. The minimum absolute atomic E-state index is 0.106. The monoisotopic (exact) mass is 250 g/mol. The second-order valence-corrected chi connectivity index (χ2v) is 4.82. The van der Waals surface area contributed by atoms with Crippen molar-refractivity contribution in [3.63, 3.8) is 0 Å². The second kappa shape index (κ2) is 6.07. The topological polar surface area (TPSA) is 58.7 Å². The van der Waals surface area contributed by atoms with Crippen LogP contribution in [0.25, 0.3) is 0 Å². The number of ether oxygens (including phenoxy) is 1. The molecule has 0 aromatic heterocycles. The van der Waals surface area contributed by atoms with Gasteiger partial charge in [-0.1, -0.05) is 6.07 Å². The van der Waals surface area contributed by atoms with Crippen LogP contribution in [-0.2, 0) is 4.74 Å². The maximum atomic E-state index is 8.73. The summed E-state index contributed by atoms with van der Waals surface area (Å²) in [4.78, 5) is 2.34. The Hall–Kier alpha value is -1.26. The number of hydrogen-bond acceptors (Lipinski definition) is 4. The van der Waals surface area contributed by atoms with E-state index < -0.39 is 0 Å². The van der Waals surface area contributed by atoms with Crippen LogP contribution >= 0.6 is 0 Å². The summed E-state index contributed by atoms with van der Waals surface area (Å²) in [5.41, 5.74) is 9.11. The number of piperidine rings is 1. The molecule has 4 heteroatoms. The number of hydrogen-bond donors (Lipinski definition) is 2. The number of nitrogens with zero attached hydrogens (tertiary/aromatic N) is 1. The molecule has 1 aliphatic rings. The number of anilines is 2. The molecule has 3 N–H and O–H groups in total. The molecule has 1 aliphatic heterocycles. The highest BCUT2D eigenvalue weighted by Gasteiger charge is 2.19. The molecule has 1 fully saturated rings. The number of nitrogens with two attached hydrogens (primary N) is 1. The molecule has 2 rings (SSSR count). The van der Waals surface area contributed by atoms with Crippen LogP contribution < -0.4 is 10.6 Å². The normalized spacial score (nSPS) is 17.1. The van der Waals surface area contributed by atoms with Gasteiger partial charge in [0.25, 0.3) is 0 Å². The molecular formula is C14H22N2O2. The van der Waals surface area contributed by atoms with Crippen LogP contribution in [0.2, 0.25) is 0 Å². The molecule has 0 aliphatic carbocycles. The van der Waals surface area contributed by atoms with E-state index in [-0.39, 0.29) is 12.7 Å². The molecule has 1 heterocycles. The SMILES string of the molecule is Cc1ccc(N2CCC(OCCO)CC2)cc1N. The third-order valence-electron chi connectivity index (χ3n) is 3.51. The maximum Gasteiger partial charge on any atom is 0.0701 e. The van der Waals surface area contributed by atoms with Gasteiger partial charge < -0.3 is 20.5 Å². The molecule has 0 atom stereocenters. The minimum atomic E-state index is 0.106. The predicted molar refractivity (Wildman–Crippen MR) is 73.9 cm³/mol. The van der Waals surface area contributed by atoms with E-state index in [9.17, 15) is 0 Å². The van der Waals surface area contributed by atoms with Crippen molar-refractivity contribution >= 4 is 11.4 Å². The number of aryl methyl sites for hydroxylation is 1. The molecule has 0 unspecified atom stereocenters. The van der Waals surface area contributed by atoms with E-state index in [4.69, 9.17) is 15.6 Å². The Kier molecular flexibility index (Phi) is 4.44. The predicted octanol–water partition coefficient (Wildman–Crippen LogP) is 1.55. The lowest BCUT2D eigenvalue weighted by Crippen LogP contribution is -2.37. The molecule has 1 saturated heterocycles. The smallest absolute Gasteiger partial charge is 0.0701 e. The fraction of sp³-hybridized carbons (Fsp3) is 0.571. The Labute approximate surface area is 108 Å².